The van der Waals surface area contributed by atoms with Gasteiger partial charge in [0.25, 0.3) is 0 Å². The summed E-state index contributed by atoms with van der Waals surface area (Å²) in [6.45, 7) is 0.731. The number of nitrogens with zero attached hydrogens (tertiary/aromatic N) is 3. The molecule has 0 aromatic carbocycles. The second-order valence-corrected chi connectivity index (χ2v) is 5.78. The molecule has 1 amide bonds. The second kappa shape index (κ2) is 7.33. The Morgan fingerprint density at radius 2 is 2.22 bits per heavy atom. The number of aromatic nitrogens is 2. The van der Waals surface area contributed by atoms with Crippen LogP contribution in [0.3, 0.4) is 0 Å². The molecule has 3 heterocycles. The lowest BCUT2D eigenvalue weighted by Gasteiger charge is -2.27. The molecule has 1 aliphatic heterocycles. The minimum absolute atomic E-state index is 0.0559. The first-order valence-electron chi connectivity index (χ1n) is 7.89. The van der Waals surface area contributed by atoms with Crippen LogP contribution < -0.4 is 0 Å². The molecular formula is C18H21N3O2. The summed E-state index contributed by atoms with van der Waals surface area (Å²) in [7, 11) is 1.72. The molecule has 23 heavy (non-hydrogen) atoms. The van der Waals surface area contributed by atoms with Crippen molar-refractivity contribution in [1.82, 2.24) is 14.9 Å². The predicted octanol–water partition coefficient (Wildman–Crippen LogP) is 1.88. The van der Waals surface area contributed by atoms with Crippen LogP contribution in [0.4, 0.5) is 0 Å². The Hall–Kier alpha value is -2.27. The number of methoxy groups -OCH3 is 1. The molecule has 0 N–H and O–H groups in total. The zero-order chi connectivity index (χ0) is 16.1. The molecule has 5 nitrogen and oxygen atoms in total. The number of carbonyl (C=O) groups is 1. The Balaban J connectivity index is 1.72. The molecule has 1 aliphatic rings. The van der Waals surface area contributed by atoms with Crippen molar-refractivity contribution < 1.29 is 9.53 Å². The number of rotatable bonds is 5. The standard InChI is InChI=1S/C18H21N3O2/c1-23-17-7-10-21(16(17)11-14-5-4-8-19-13-14)18(22)12-15-6-2-3-9-20-15/h2-6,8-9,13,16-17H,7,10-12H2,1H3/t16-,17+/m0/s1. The number of likely N-dealkylation sites (tertiary alicyclic amines) is 1. The molecule has 1 saturated heterocycles. The van der Waals surface area contributed by atoms with E-state index in [-0.39, 0.29) is 18.1 Å². The van der Waals surface area contributed by atoms with Crippen LogP contribution in [-0.4, -0.2) is 46.6 Å². The lowest BCUT2D eigenvalue weighted by molar-refractivity contribution is -0.132. The SMILES string of the molecule is CO[C@@H]1CCN(C(=O)Cc2ccccn2)[C@H]1Cc1cccnc1. The van der Waals surface area contributed by atoms with Crippen molar-refractivity contribution in [2.75, 3.05) is 13.7 Å². The molecule has 0 saturated carbocycles. The number of pyridine rings is 2. The summed E-state index contributed by atoms with van der Waals surface area (Å²) in [5.74, 6) is 0.108. The quantitative estimate of drug-likeness (QED) is 0.846. The lowest BCUT2D eigenvalue weighted by atomic mass is 10.0. The van der Waals surface area contributed by atoms with Crippen LogP contribution in [0.25, 0.3) is 0 Å². The Kier molecular flexibility index (Phi) is 4.98. The first kappa shape index (κ1) is 15.6. The molecular weight excluding hydrogens is 290 g/mol. The summed E-state index contributed by atoms with van der Waals surface area (Å²) in [6.07, 6.45) is 7.37. The minimum Gasteiger partial charge on any atom is -0.379 e. The van der Waals surface area contributed by atoms with Gasteiger partial charge in [-0.1, -0.05) is 12.1 Å². The maximum atomic E-state index is 12.7. The van der Waals surface area contributed by atoms with Crippen LogP contribution in [0.5, 0.6) is 0 Å². The zero-order valence-electron chi connectivity index (χ0n) is 13.3. The maximum absolute atomic E-state index is 12.7. The van der Waals surface area contributed by atoms with Crippen LogP contribution in [0.15, 0.2) is 48.9 Å². The molecule has 0 unspecified atom stereocenters. The molecule has 2 aromatic heterocycles. The van der Waals surface area contributed by atoms with Gasteiger partial charge in [0.15, 0.2) is 0 Å². The summed E-state index contributed by atoms with van der Waals surface area (Å²) in [5.41, 5.74) is 1.93. The van der Waals surface area contributed by atoms with E-state index in [1.54, 1.807) is 19.5 Å². The molecule has 5 heteroatoms. The van der Waals surface area contributed by atoms with E-state index in [4.69, 9.17) is 4.74 Å². The van der Waals surface area contributed by atoms with Gasteiger partial charge in [-0.2, -0.15) is 0 Å². The minimum atomic E-state index is 0.0559. The number of hydrogen-bond acceptors (Lipinski definition) is 4. The Morgan fingerprint density at radius 1 is 1.30 bits per heavy atom. The third kappa shape index (κ3) is 3.74. The number of amides is 1. The highest BCUT2D eigenvalue weighted by molar-refractivity contribution is 5.79. The molecule has 2 atom stereocenters. The highest BCUT2D eigenvalue weighted by Crippen LogP contribution is 2.24. The van der Waals surface area contributed by atoms with Gasteiger partial charge in [0.05, 0.1) is 18.6 Å². The first-order chi connectivity index (χ1) is 11.3. The van der Waals surface area contributed by atoms with E-state index < -0.39 is 0 Å². The summed E-state index contributed by atoms with van der Waals surface area (Å²) in [6, 6.07) is 9.67. The zero-order valence-corrected chi connectivity index (χ0v) is 13.3. The van der Waals surface area contributed by atoms with E-state index in [1.165, 1.54) is 0 Å². The van der Waals surface area contributed by atoms with Gasteiger partial charge in [-0.15, -0.1) is 0 Å². The van der Waals surface area contributed by atoms with Gasteiger partial charge in [-0.3, -0.25) is 14.8 Å². The maximum Gasteiger partial charge on any atom is 0.228 e. The van der Waals surface area contributed by atoms with Gasteiger partial charge in [0.2, 0.25) is 5.91 Å². The van der Waals surface area contributed by atoms with Gasteiger partial charge < -0.3 is 9.64 Å². The van der Waals surface area contributed by atoms with Gasteiger partial charge >= 0.3 is 0 Å². The van der Waals surface area contributed by atoms with Crippen molar-refractivity contribution in [3.8, 4) is 0 Å². The van der Waals surface area contributed by atoms with Crippen LogP contribution in [0, 0.1) is 0 Å². The van der Waals surface area contributed by atoms with Crippen molar-refractivity contribution >= 4 is 5.91 Å². The number of hydrogen-bond donors (Lipinski definition) is 0. The Morgan fingerprint density at radius 3 is 2.91 bits per heavy atom. The van der Waals surface area contributed by atoms with Crippen LogP contribution >= 0.6 is 0 Å². The van der Waals surface area contributed by atoms with E-state index in [9.17, 15) is 4.79 Å². The van der Waals surface area contributed by atoms with Crippen molar-refractivity contribution in [2.24, 2.45) is 0 Å². The lowest BCUT2D eigenvalue weighted by Crippen LogP contribution is -2.42. The van der Waals surface area contributed by atoms with E-state index in [0.29, 0.717) is 6.42 Å². The van der Waals surface area contributed by atoms with Crippen LogP contribution in [0.1, 0.15) is 17.7 Å². The van der Waals surface area contributed by atoms with Gasteiger partial charge in [-0.05, 0) is 36.6 Å². The smallest absolute Gasteiger partial charge is 0.228 e. The fourth-order valence-electron chi connectivity index (χ4n) is 3.17. The summed E-state index contributed by atoms with van der Waals surface area (Å²) >= 11 is 0. The predicted molar refractivity (Wildman–Crippen MR) is 86.8 cm³/mol. The van der Waals surface area contributed by atoms with Gasteiger partial charge in [-0.25, -0.2) is 0 Å². The third-order valence-electron chi connectivity index (χ3n) is 4.33. The monoisotopic (exact) mass is 311 g/mol. The third-order valence-corrected chi connectivity index (χ3v) is 4.33. The summed E-state index contributed by atoms with van der Waals surface area (Å²) < 4.78 is 5.60. The van der Waals surface area contributed by atoms with E-state index in [0.717, 1.165) is 30.6 Å². The molecule has 0 spiro atoms. The average Bonchev–Trinajstić information content (AvgIpc) is 2.99. The molecule has 120 valence electrons. The van der Waals surface area contributed by atoms with Gasteiger partial charge in [0, 0.05) is 37.9 Å². The van der Waals surface area contributed by atoms with Crippen LogP contribution in [0.2, 0.25) is 0 Å². The highest BCUT2D eigenvalue weighted by Gasteiger charge is 2.37. The first-order valence-corrected chi connectivity index (χ1v) is 7.89. The molecule has 3 rings (SSSR count). The summed E-state index contributed by atoms with van der Waals surface area (Å²) in [5, 5.41) is 0. The Labute approximate surface area is 136 Å². The van der Waals surface area contributed by atoms with E-state index >= 15 is 0 Å². The molecule has 0 aliphatic carbocycles. The molecule has 0 bridgehead atoms. The number of ether oxygens (including phenoxy) is 1. The number of carbonyl (C=O) groups excluding carboxylic acids is 1. The van der Waals surface area contributed by atoms with Crippen LogP contribution in [-0.2, 0) is 22.4 Å². The van der Waals surface area contributed by atoms with Gasteiger partial charge in [0.1, 0.15) is 0 Å². The second-order valence-electron chi connectivity index (χ2n) is 5.78. The van der Waals surface area contributed by atoms with Crippen molar-refractivity contribution in [3.05, 3.63) is 60.2 Å². The average molecular weight is 311 g/mol. The largest absolute Gasteiger partial charge is 0.379 e. The Bertz CT molecular complexity index is 633. The fourth-order valence-corrected chi connectivity index (χ4v) is 3.17. The highest BCUT2D eigenvalue weighted by atomic mass is 16.5. The molecule has 0 radical (unpaired) electrons. The molecule has 2 aromatic rings. The van der Waals surface area contributed by atoms with Crippen molar-refractivity contribution in [3.63, 3.8) is 0 Å². The molecule has 1 fully saturated rings. The van der Waals surface area contributed by atoms with E-state index in [1.807, 2.05) is 41.4 Å². The topological polar surface area (TPSA) is 55.3 Å². The fraction of sp³-hybridized carbons (Fsp3) is 0.389. The van der Waals surface area contributed by atoms with E-state index in [2.05, 4.69) is 9.97 Å². The van der Waals surface area contributed by atoms with Crippen molar-refractivity contribution in [2.45, 2.75) is 31.4 Å². The summed E-state index contributed by atoms with van der Waals surface area (Å²) in [4.78, 5) is 23.0. The normalized spacial score (nSPS) is 20.7. The van der Waals surface area contributed by atoms with Crippen molar-refractivity contribution in [1.29, 1.82) is 0 Å².